The number of piperazine rings is 1. The molecule has 18 heavy (non-hydrogen) atoms. The topological polar surface area (TPSA) is 57.3 Å². The van der Waals surface area contributed by atoms with Crippen LogP contribution < -0.4 is 15.5 Å². The Morgan fingerprint density at radius 2 is 2.56 bits per heavy atom. The maximum Gasteiger partial charge on any atom is 0.244 e. The average molecular weight is 252 g/mol. The van der Waals surface area contributed by atoms with Crippen LogP contribution in [0.2, 0.25) is 0 Å². The van der Waals surface area contributed by atoms with Crippen LogP contribution in [0.15, 0.2) is 18.3 Å². The molecule has 1 aliphatic rings. The van der Waals surface area contributed by atoms with Gasteiger partial charge in [-0.05, 0) is 19.1 Å². The number of likely N-dealkylation sites (N-methyl/N-ethyl adjacent to an activating group) is 1. The van der Waals surface area contributed by atoms with E-state index in [9.17, 15) is 9.18 Å². The maximum atomic E-state index is 13.7. The third-order valence-electron chi connectivity index (χ3n) is 2.91. The molecule has 1 fully saturated rings. The van der Waals surface area contributed by atoms with Crippen molar-refractivity contribution in [2.45, 2.75) is 13.0 Å². The summed E-state index contributed by atoms with van der Waals surface area (Å²) in [5.41, 5.74) is 0. The van der Waals surface area contributed by atoms with E-state index in [0.29, 0.717) is 26.2 Å². The molecule has 6 heteroatoms. The van der Waals surface area contributed by atoms with Gasteiger partial charge in [0.1, 0.15) is 6.04 Å². The van der Waals surface area contributed by atoms with Gasteiger partial charge in [0, 0.05) is 32.4 Å². The number of hydrogen-bond donors (Lipinski definition) is 2. The molecule has 1 aromatic heterocycles. The molecule has 98 valence electrons. The van der Waals surface area contributed by atoms with Gasteiger partial charge in [-0.15, -0.1) is 0 Å². The molecule has 0 aromatic carbocycles. The largest absolute Gasteiger partial charge is 0.355 e. The van der Waals surface area contributed by atoms with E-state index in [2.05, 4.69) is 15.6 Å². The lowest BCUT2D eigenvalue weighted by molar-refractivity contribution is -0.122. The molecule has 1 aromatic rings. The van der Waals surface area contributed by atoms with Gasteiger partial charge in [-0.1, -0.05) is 0 Å². The molecule has 0 spiro atoms. The lowest BCUT2D eigenvalue weighted by atomic mass is 10.1. The van der Waals surface area contributed by atoms with E-state index in [0.717, 1.165) is 0 Å². The highest BCUT2D eigenvalue weighted by atomic mass is 19.1. The van der Waals surface area contributed by atoms with Crippen molar-refractivity contribution in [3.63, 3.8) is 0 Å². The molecule has 5 nitrogen and oxygen atoms in total. The van der Waals surface area contributed by atoms with E-state index < -0.39 is 11.9 Å². The maximum absolute atomic E-state index is 13.7. The molecular weight excluding hydrogens is 235 g/mol. The number of amides is 1. The molecule has 1 amide bonds. The summed E-state index contributed by atoms with van der Waals surface area (Å²) in [6, 6.07) is 2.49. The van der Waals surface area contributed by atoms with E-state index in [4.69, 9.17) is 0 Å². The van der Waals surface area contributed by atoms with Crippen LogP contribution in [0, 0.1) is 5.82 Å². The van der Waals surface area contributed by atoms with Crippen molar-refractivity contribution in [1.82, 2.24) is 15.6 Å². The van der Waals surface area contributed by atoms with Crippen molar-refractivity contribution < 1.29 is 9.18 Å². The molecule has 0 radical (unpaired) electrons. The van der Waals surface area contributed by atoms with Crippen LogP contribution in [0.1, 0.15) is 6.92 Å². The van der Waals surface area contributed by atoms with Crippen LogP contribution in [0.5, 0.6) is 0 Å². The first-order chi connectivity index (χ1) is 8.74. The number of nitrogens with zero attached hydrogens (tertiary/aromatic N) is 2. The first kappa shape index (κ1) is 12.8. The van der Waals surface area contributed by atoms with Crippen molar-refractivity contribution in [3.05, 3.63) is 24.1 Å². The summed E-state index contributed by atoms with van der Waals surface area (Å²) in [5.74, 6) is -0.251. The highest BCUT2D eigenvalue weighted by molar-refractivity contribution is 5.85. The first-order valence-corrected chi connectivity index (χ1v) is 6.09. The zero-order valence-corrected chi connectivity index (χ0v) is 10.3. The van der Waals surface area contributed by atoms with Crippen molar-refractivity contribution in [2.24, 2.45) is 0 Å². The standard InChI is InChI=1S/C12H17FN4O/c1-2-15-12(18)10-8-14-6-7-17(10)11-9(13)4-3-5-16-11/h3-5,10,14H,2,6-8H2,1H3,(H,15,18). The number of anilines is 1. The van der Waals surface area contributed by atoms with Gasteiger partial charge in [-0.2, -0.15) is 0 Å². The summed E-state index contributed by atoms with van der Waals surface area (Å²) in [5, 5.41) is 5.90. The van der Waals surface area contributed by atoms with Gasteiger partial charge in [-0.25, -0.2) is 9.37 Å². The molecule has 2 N–H and O–H groups in total. The number of carbonyl (C=O) groups is 1. The van der Waals surface area contributed by atoms with Gasteiger partial charge in [0.05, 0.1) is 0 Å². The summed E-state index contributed by atoms with van der Waals surface area (Å²) in [4.78, 5) is 17.7. The van der Waals surface area contributed by atoms with Crippen LogP contribution in [-0.2, 0) is 4.79 Å². The molecule has 0 bridgehead atoms. The molecular formula is C12H17FN4O. The minimum absolute atomic E-state index is 0.102. The Kier molecular flexibility index (Phi) is 4.09. The Bertz CT molecular complexity index is 426. The Labute approximate surface area is 105 Å². The Hall–Kier alpha value is -1.69. The molecule has 1 aliphatic heterocycles. The second-order valence-corrected chi connectivity index (χ2v) is 4.12. The van der Waals surface area contributed by atoms with Gasteiger partial charge >= 0.3 is 0 Å². The highest BCUT2D eigenvalue weighted by Gasteiger charge is 2.30. The van der Waals surface area contributed by atoms with E-state index >= 15 is 0 Å². The number of carbonyl (C=O) groups excluding carboxylic acids is 1. The Morgan fingerprint density at radius 3 is 3.28 bits per heavy atom. The van der Waals surface area contributed by atoms with Gasteiger partial charge in [0.2, 0.25) is 5.91 Å². The van der Waals surface area contributed by atoms with Gasteiger partial charge in [0.25, 0.3) is 0 Å². The molecule has 2 heterocycles. The molecule has 1 unspecified atom stereocenters. The normalized spacial score (nSPS) is 19.7. The number of pyridine rings is 1. The fourth-order valence-electron chi connectivity index (χ4n) is 2.07. The van der Waals surface area contributed by atoms with Crippen molar-refractivity contribution >= 4 is 11.7 Å². The van der Waals surface area contributed by atoms with E-state index in [-0.39, 0.29) is 11.7 Å². The Morgan fingerprint density at radius 1 is 1.72 bits per heavy atom. The molecule has 1 saturated heterocycles. The van der Waals surface area contributed by atoms with Gasteiger partial charge < -0.3 is 15.5 Å². The minimum atomic E-state index is -0.414. The zero-order chi connectivity index (χ0) is 13.0. The quantitative estimate of drug-likeness (QED) is 0.803. The molecule has 2 rings (SSSR count). The summed E-state index contributed by atoms with van der Waals surface area (Å²) in [7, 11) is 0. The fourth-order valence-corrected chi connectivity index (χ4v) is 2.07. The van der Waals surface area contributed by atoms with E-state index in [1.54, 1.807) is 11.0 Å². The SMILES string of the molecule is CCNC(=O)C1CNCCN1c1ncccc1F. The summed E-state index contributed by atoms with van der Waals surface area (Å²) in [6.07, 6.45) is 1.54. The summed E-state index contributed by atoms with van der Waals surface area (Å²) < 4.78 is 13.7. The van der Waals surface area contributed by atoms with Crippen molar-refractivity contribution in [1.29, 1.82) is 0 Å². The van der Waals surface area contributed by atoms with E-state index in [1.165, 1.54) is 12.3 Å². The summed E-state index contributed by atoms with van der Waals surface area (Å²) >= 11 is 0. The van der Waals surface area contributed by atoms with Gasteiger partial charge in [0.15, 0.2) is 11.6 Å². The monoisotopic (exact) mass is 252 g/mol. The number of hydrogen-bond acceptors (Lipinski definition) is 4. The highest BCUT2D eigenvalue weighted by Crippen LogP contribution is 2.19. The lowest BCUT2D eigenvalue weighted by Crippen LogP contribution is -2.58. The van der Waals surface area contributed by atoms with Crippen molar-refractivity contribution in [3.8, 4) is 0 Å². The number of rotatable bonds is 3. The molecule has 0 aliphatic carbocycles. The van der Waals surface area contributed by atoms with Crippen LogP contribution in [-0.4, -0.2) is 43.1 Å². The predicted molar refractivity (Wildman–Crippen MR) is 66.9 cm³/mol. The van der Waals surface area contributed by atoms with Crippen LogP contribution >= 0.6 is 0 Å². The second-order valence-electron chi connectivity index (χ2n) is 4.12. The lowest BCUT2D eigenvalue weighted by Gasteiger charge is -2.36. The number of halogens is 1. The zero-order valence-electron chi connectivity index (χ0n) is 10.3. The van der Waals surface area contributed by atoms with Crippen LogP contribution in [0.25, 0.3) is 0 Å². The predicted octanol–water partition coefficient (Wildman–Crippen LogP) is 0.135. The third-order valence-corrected chi connectivity index (χ3v) is 2.91. The third kappa shape index (κ3) is 2.59. The number of aromatic nitrogens is 1. The average Bonchev–Trinajstić information content (AvgIpc) is 2.40. The summed E-state index contributed by atoms with van der Waals surface area (Å²) in [6.45, 7) is 4.21. The molecule has 1 atom stereocenters. The van der Waals surface area contributed by atoms with E-state index in [1.807, 2.05) is 6.92 Å². The first-order valence-electron chi connectivity index (χ1n) is 6.09. The smallest absolute Gasteiger partial charge is 0.244 e. The van der Waals surface area contributed by atoms with Crippen LogP contribution in [0.3, 0.4) is 0 Å². The fraction of sp³-hybridized carbons (Fsp3) is 0.500. The second kappa shape index (κ2) is 5.77. The molecule has 0 saturated carbocycles. The Balaban J connectivity index is 2.23. The van der Waals surface area contributed by atoms with Crippen LogP contribution in [0.4, 0.5) is 10.2 Å². The van der Waals surface area contributed by atoms with Gasteiger partial charge in [-0.3, -0.25) is 4.79 Å². The van der Waals surface area contributed by atoms with Crippen molar-refractivity contribution in [2.75, 3.05) is 31.1 Å². The minimum Gasteiger partial charge on any atom is -0.355 e. The number of nitrogens with one attached hydrogen (secondary N) is 2.